The Hall–Kier alpha value is -1.33. The van der Waals surface area contributed by atoms with Gasteiger partial charge in [-0.3, -0.25) is 4.90 Å². The molecule has 5 nitrogen and oxygen atoms in total. The van der Waals surface area contributed by atoms with Crippen molar-refractivity contribution < 1.29 is 23.8 Å². The second-order valence-corrected chi connectivity index (χ2v) is 4.76. The molecule has 0 bridgehead atoms. The summed E-state index contributed by atoms with van der Waals surface area (Å²) in [6.45, 7) is 5.09. The van der Waals surface area contributed by atoms with Crippen LogP contribution in [-0.4, -0.2) is 46.4 Å². The van der Waals surface area contributed by atoms with Gasteiger partial charge in [-0.1, -0.05) is 0 Å². The second kappa shape index (κ2) is 4.27. The number of aliphatic carboxylic acids is 1. The number of ether oxygens (including phenoxy) is 1. The first-order valence-corrected chi connectivity index (χ1v) is 5.09. The van der Waals surface area contributed by atoms with Crippen molar-refractivity contribution >= 4 is 12.1 Å². The first-order valence-electron chi connectivity index (χ1n) is 5.09. The minimum atomic E-state index is -1.52. The summed E-state index contributed by atoms with van der Waals surface area (Å²) in [5.74, 6) is -1.34. The molecule has 1 rings (SSSR count). The fourth-order valence-electron chi connectivity index (χ4n) is 1.57. The predicted octanol–water partition coefficient (Wildman–Crippen LogP) is 1.42. The lowest BCUT2D eigenvalue weighted by molar-refractivity contribution is -0.143. The summed E-state index contributed by atoms with van der Waals surface area (Å²) in [7, 11) is 0. The normalized spacial score (nSPS) is 25.6. The molecule has 0 saturated carbocycles. The lowest BCUT2D eigenvalue weighted by atomic mass is 10.2. The molecule has 0 aromatic carbocycles. The van der Waals surface area contributed by atoms with Crippen LogP contribution in [0.3, 0.4) is 0 Å². The summed E-state index contributed by atoms with van der Waals surface area (Å²) in [6.07, 6.45) is -2.26. The van der Waals surface area contributed by atoms with Crippen molar-refractivity contribution in [3.8, 4) is 0 Å². The molecule has 1 aliphatic rings. The van der Waals surface area contributed by atoms with Crippen LogP contribution < -0.4 is 0 Å². The Kier molecular flexibility index (Phi) is 3.40. The van der Waals surface area contributed by atoms with Crippen LogP contribution in [0.1, 0.15) is 27.2 Å². The van der Waals surface area contributed by atoms with E-state index >= 15 is 0 Å². The molecule has 6 heteroatoms. The molecular formula is C10H16FNO4. The van der Waals surface area contributed by atoms with Crippen molar-refractivity contribution in [2.45, 2.75) is 45.0 Å². The lowest BCUT2D eigenvalue weighted by Gasteiger charge is -2.26. The van der Waals surface area contributed by atoms with Gasteiger partial charge in [0.05, 0.1) is 0 Å². The van der Waals surface area contributed by atoms with Gasteiger partial charge in [0.1, 0.15) is 11.8 Å². The molecular weight excluding hydrogens is 217 g/mol. The van der Waals surface area contributed by atoms with Gasteiger partial charge in [-0.05, 0) is 27.2 Å². The van der Waals surface area contributed by atoms with Crippen LogP contribution in [0.2, 0.25) is 0 Å². The number of carboxylic acids is 1. The molecule has 1 fully saturated rings. The van der Waals surface area contributed by atoms with Crippen LogP contribution in [0, 0.1) is 0 Å². The van der Waals surface area contributed by atoms with Crippen LogP contribution in [-0.2, 0) is 9.53 Å². The summed E-state index contributed by atoms with van der Waals surface area (Å²) in [4.78, 5) is 23.3. The van der Waals surface area contributed by atoms with Crippen molar-refractivity contribution in [2.75, 3.05) is 6.54 Å². The molecule has 1 saturated heterocycles. The monoisotopic (exact) mass is 233 g/mol. The summed E-state index contributed by atoms with van der Waals surface area (Å²) in [5.41, 5.74) is -0.714. The number of hydrogen-bond donors (Lipinski definition) is 1. The number of carboxylic acid groups (broad SMARTS) is 1. The number of amides is 1. The van der Waals surface area contributed by atoms with E-state index in [0.717, 1.165) is 4.90 Å². The molecule has 0 unspecified atom stereocenters. The molecule has 1 aliphatic heterocycles. The van der Waals surface area contributed by atoms with E-state index in [1.165, 1.54) is 0 Å². The van der Waals surface area contributed by atoms with E-state index in [9.17, 15) is 14.0 Å². The Balaban J connectivity index is 2.73. The van der Waals surface area contributed by atoms with Crippen molar-refractivity contribution in [1.29, 1.82) is 0 Å². The highest BCUT2D eigenvalue weighted by Gasteiger charge is 2.43. The minimum Gasteiger partial charge on any atom is -0.480 e. The fraction of sp³-hybridized carbons (Fsp3) is 0.800. The number of nitrogens with zero attached hydrogens (tertiary/aromatic N) is 1. The number of halogens is 1. The van der Waals surface area contributed by atoms with E-state index in [-0.39, 0.29) is 13.0 Å². The highest BCUT2D eigenvalue weighted by atomic mass is 19.1. The van der Waals surface area contributed by atoms with Crippen LogP contribution in [0.5, 0.6) is 0 Å². The Labute approximate surface area is 93.2 Å². The Morgan fingerprint density at radius 2 is 2.00 bits per heavy atom. The first-order chi connectivity index (χ1) is 7.22. The maximum Gasteiger partial charge on any atom is 0.411 e. The molecule has 2 atom stereocenters. The average Bonchev–Trinajstić information content (AvgIpc) is 2.43. The van der Waals surface area contributed by atoms with E-state index in [1.54, 1.807) is 20.8 Å². The van der Waals surface area contributed by atoms with E-state index in [0.29, 0.717) is 0 Å². The number of carbonyl (C=O) groups is 2. The number of rotatable bonds is 1. The SMILES string of the molecule is CC(C)(C)OC(=O)N1CC[C@H](F)[C@H]1C(=O)O. The Morgan fingerprint density at radius 3 is 2.44 bits per heavy atom. The van der Waals surface area contributed by atoms with Crippen LogP contribution in [0.4, 0.5) is 9.18 Å². The van der Waals surface area contributed by atoms with Crippen molar-refractivity contribution in [3.63, 3.8) is 0 Å². The standard InChI is InChI=1S/C10H16FNO4/c1-10(2,3)16-9(15)12-5-4-6(11)7(12)8(13)14/h6-7H,4-5H2,1-3H3,(H,13,14)/t6-,7-/m0/s1. The van der Waals surface area contributed by atoms with Gasteiger partial charge in [0, 0.05) is 6.54 Å². The third-order valence-corrected chi connectivity index (χ3v) is 2.21. The number of alkyl halides is 1. The molecule has 1 N–H and O–H groups in total. The molecule has 0 spiro atoms. The molecule has 92 valence electrons. The summed E-state index contributed by atoms with van der Waals surface area (Å²) in [5, 5.41) is 8.81. The molecule has 0 aromatic rings. The van der Waals surface area contributed by atoms with E-state index in [1.807, 2.05) is 0 Å². The third kappa shape index (κ3) is 2.84. The van der Waals surface area contributed by atoms with Crippen molar-refractivity contribution in [1.82, 2.24) is 4.90 Å². The zero-order valence-corrected chi connectivity index (χ0v) is 9.57. The fourth-order valence-corrected chi connectivity index (χ4v) is 1.57. The summed E-state index contributed by atoms with van der Waals surface area (Å²) < 4.78 is 18.3. The van der Waals surface area contributed by atoms with Gasteiger partial charge in [0.15, 0.2) is 6.04 Å². The zero-order chi connectivity index (χ0) is 12.5. The molecule has 0 aliphatic carbocycles. The van der Waals surface area contributed by atoms with E-state index in [4.69, 9.17) is 9.84 Å². The smallest absolute Gasteiger partial charge is 0.411 e. The van der Waals surface area contributed by atoms with Gasteiger partial charge in [0.25, 0.3) is 0 Å². The van der Waals surface area contributed by atoms with Gasteiger partial charge < -0.3 is 9.84 Å². The lowest BCUT2D eigenvalue weighted by Crippen LogP contribution is -2.46. The van der Waals surface area contributed by atoms with Crippen LogP contribution in [0.25, 0.3) is 0 Å². The van der Waals surface area contributed by atoms with Gasteiger partial charge in [-0.15, -0.1) is 0 Å². The molecule has 1 heterocycles. The van der Waals surface area contributed by atoms with Gasteiger partial charge in [-0.2, -0.15) is 0 Å². The highest BCUT2D eigenvalue weighted by molar-refractivity contribution is 5.81. The maximum atomic E-state index is 13.3. The maximum absolute atomic E-state index is 13.3. The van der Waals surface area contributed by atoms with E-state index in [2.05, 4.69) is 0 Å². The summed E-state index contributed by atoms with van der Waals surface area (Å²) in [6, 6.07) is -1.42. The largest absolute Gasteiger partial charge is 0.480 e. The van der Waals surface area contributed by atoms with Gasteiger partial charge in [0.2, 0.25) is 0 Å². The zero-order valence-electron chi connectivity index (χ0n) is 9.57. The average molecular weight is 233 g/mol. The second-order valence-electron chi connectivity index (χ2n) is 4.76. The van der Waals surface area contributed by atoms with Gasteiger partial charge in [-0.25, -0.2) is 14.0 Å². The minimum absolute atomic E-state index is 0.0379. The molecule has 0 radical (unpaired) electrons. The van der Waals surface area contributed by atoms with E-state index < -0.39 is 29.9 Å². The molecule has 0 aromatic heterocycles. The molecule has 1 amide bonds. The topological polar surface area (TPSA) is 66.8 Å². The van der Waals surface area contributed by atoms with Crippen molar-refractivity contribution in [2.24, 2.45) is 0 Å². The quantitative estimate of drug-likeness (QED) is 0.743. The Morgan fingerprint density at radius 1 is 1.44 bits per heavy atom. The first kappa shape index (κ1) is 12.7. The number of carbonyl (C=O) groups excluding carboxylic acids is 1. The highest BCUT2D eigenvalue weighted by Crippen LogP contribution is 2.23. The molecule has 16 heavy (non-hydrogen) atoms. The van der Waals surface area contributed by atoms with Crippen molar-refractivity contribution in [3.05, 3.63) is 0 Å². The van der Waals surface area contributed by atoms with Gasteiger partial charge >= 0.3 is 12.1 Å². The van der Waals surface area contributed by atoms with Crippen LogP contribution in [0.15, 0.2) is 0 Å². The number of hydrogen-bond acceptors (Lipinski definition) is 3. The predicted molar refractivity (Wildman–Crippen MR) is 53.9 cm³/mol. The summed E-state index contributed by atoms with van der Waals surface area (Å²) >= 11 is 0. The number of likely N-dealkylation sites (tertiary alicyclic amines) is 1. The Bertz CT molecular complexity index is 300. The van der Waals surface area contributed by atoms with Crippen LogP contribution >= 0.6 is 0 Å². The third-order valence-electron chi connectivity index (χ3n) is 2.21.